The molecule has 0 radical (unpaired) electrons. The van der Waals surface area contributed by atoms with E-state index in [1.807, 2.05) is 0 Å². The van der Waals surface area contributed by atoms with Crippen LogP contribution in [0.15, 0.2) is 71.8 Å². The standard InChI is InChI=1S/2C31H43.C2H7Si.2ClH.Zr/c2*1-11-12-13-21-16-22-14-15-27(31(8,9)10)28(26(22)17-21)23-18-24(29(2,3)4)20-25(19-23)30(5,6)7;1-3-2;;;/h2*14-20H,11-13H2,1-10H3;3H,1-2H3;2*1H;/q;;;;;+2/p-2. The number of allylic oxidation sites excluding steroid dienone is 2. The third kappa shape index (κ3) is 10.5. The van der Waals surface area contributed by atoms with E-state index in [2.05, 4.69) is 224 Å². The van der Waals surface area contributed by atoms with E-state index >= 15 is 0 Å². The molecule has 4 aromatic carbocycles. The predicted molar refractivity (Wildman–Crippen MR) is 307 cm³/mol. The zero-order valence-corrected chi connectivity index (χ0v) is 52.3. The average Bonchev–Trinajstić information content (AvgIpc) is 3.78. The van der Waals surface area contributed by atoms with E-state index in [9.17, 15) is 17.0 Å². The number of rotatable bonds is 11. The third-order valence-electron chi connectivity index (χ3n) is 15.9. The van der Waals surface area contributed by atoms with Crippen molar-refractivity contribution in [2.75, 3.05) is 0 Å². The fourth-order valence-electron chi connectivity index (χ4n) is 11.5. The van der Waals surface area contributed by atoms with E-state index in [4.69, 9.17) is 0 Å². The SMILES string of the molecule is CCCCC1=Cc2c(ccc(C(C)(C)C)c2-c2cc(C(C)(C)C)cc(C(C)(C)C)c2)[CH]1[Zr]([Cl])([Cl])([CH]1C(CCCC)=Cc2c1ccc(C(C)(C)C)c2-c1cc(C(C)(C)C)cc(C(C)(C)C)c1)[SiH](C)C. The van der Waals surface area contributed by atoms with Crippen molar-refractivity contribution >= 4 is 35.1 Å². The summed E-state index contributed by atoms with van der Waals surface area (Å²) >= 11 is -5.20. The first kappa shape index (κ1) is 55.4. The summed E-state index contributed by atoms with van der Waals surface area (Å²) in [6.07, 6.45) is 11.9. The van der Waals surface area contributed by atoms with Crippen molar-refractivity contribution in [2.45, 2.75) is 230 Å². The summed E-state index contributed by atoms with van der Waals surface area (Å²) in [6.45, 7) is 52.5. The van der Waals surface area contributed by atoms with Gasteiger partial charge in [-0.3, -0.25) is 0 Å². The molecule has 0 aromatic heterocycles. The van der Waals surface area contributed by atoms with Crippen LogP contribution in [0.25, 0.3) is 34.4 Å². The van der Waals surface area contributed by atoms with E-state index < -0.39 is 21.5 Å². The van der Waals surface area contributed by atoms with Crippen LogP contribution in [0.5, 0.6) is 0 Å². The molecule has 0 bridgehead atoms. The summed E-state index contributed by atoms with van der Waals surface area (Å²) in [6, 6.07) is 25.0. The number of unbranched alkanes of at least 4 members (excludes halogenated alkanes) is 2. The van der Waals surface area contributed by atoms with E-state index in [-0.39, 0.29) is 39.7 Å². The fraction of sp³-hybridized carbons (Fsp3) is 0.562. The molecule has 2 aliphatic rings. The molecule has 0 saturated carbocycles. The molecule has 0 nitrogen and oxygen atoms in total. The second kappa shape index (κ2) is 18.8. The van der Waals surface area contributed by atoms with Crippen molar-refractivity contribution < 1.29 is 15.6 Å². The Balaban J connectivity index is 1.76. The van der Waals surface area contributed by atoms with Crippen LogP contribution in [-0.2, 0) is 48.0 Å². The molecular formula is C64H93Cl2SiZr. The van der Waals surface area contributed by atoms with Crippen LogP contribution in [0.4, 0.5) is 0 Å². The molecule has 0 fully saturated rings. The van der Waals surface area contributed by atoms with Gasteiger partial charge < -0.3 is 0 Å². The molecule has 371 valence electrons. The zero-order valence-electron chi connectivity index (χ0n) is 47.2. The quantitative estimate of drug-likeness (QED) is 0.131. The van der Waals surface area contributed by atoms with Crippen LogP contribution in [0.3, 0.4) is 0 Å². The van der Waals surface area contributed by atoms with Crippen LogP contribution in [0, 0.1) is 0 Å². The molecule has 0 spiro atoms. The second-order valence-electron chi connectivity index (χ2n) is 28.0. The first-order chi connectivity index (χ1) is 31.0. The van der Waals surface area contributed by atoms with Gasteiger partial charge in [-0.15, -0.1) is 0 Å². The number of hydrogen-bond donors (Lipinski definition) is 0. The van der Waals surface area contributed by atoms with Gasteiger partial charge in [0.1, 0.15) is 0 Å². The van der Waals surface area contributed by atoms with E-state index in [0.29, 0.717) is 0 Å². The van der Waals surface area contributed by atoms with Crippen molar-refractivity contribution in [3.8, 4) is 22.3 Å². The number of benzene rings is 4. The maximum absolute atomic E-state index is 9.30. The molecule has 2 atom stereocenters. The van der Waals surface area contributed by atoms with E-state index in [0.717, 1.165) is 38.5 Å². The molecular weight excluding hydrogens is 959 g/mol. The molecule has 0 saturated heterocycles. The molecule has 6 rings (SSSR count). The summed E-state index contributed by atoms with van der Waals surface area (Å²) < 4.78 is 0.0779. The topological polar surface area (TPSA) is 0 Å². The Morgan fingerprint density at radius 1 is 0.441 bits per heavy atom. The van der Waals surface area contributed by atoms with Crippen molar-refractivity contribution in [1.29, 1.82) is 0 Å². The maximum atomic E-state index is 9.30. The van der Waals surface area contributed by atoms with Crippen LogP contribution in [-0.4, -0.2) is 5.92 Å². The minimum absolute atomic E-state index is 0.00311. The van der Waals surface area contributed by atoms with Gasteiger partial charge in [0.25, 0.3) is 0 Å². The summed E-state index contributed by atoms with van der Waals surface area (Å²) in [7, 11) is 18.6. The van der Waals surface area contributed by atoms with Crippen LogP contribution in [0.1, 0.15) is 240 Å². The summed E-state index contributed by atoms with van der Waals surface area (Å²) in [5, 5.41) is 0. The molecule has 0 amide bonds. The molecule has 2 unspecified atom stereocenters. The molecule has 2 aliphatic carbocycles. The number of halogens is 2. The van der Waals surface area contributed by atoms with Crippen LogP contribution in [0.2, 0.25) is 13.1 Å². The van der Waals surface area contributed by atoms with Crippen molar-refractivity contribution in [2.24, 2.45) is 0 Å². The Morgan fingerprint density at radius 3 is 0.971 bits per heavy atom. The zero-order chi connectivity index (χ0) is 51.1. The molecule has 0 aliphatic heterocycles. The van der Waals surface area contributed by atoms with Gasteiger partial charge in [-0.05, 0) is 0 Å². The minimum atomic E-state index is -5.20. The van der Waals surface area contributed by atoms with Crippen LogP contribution >= 0.6 is 17.0 Å². The van der Waals surface area contributed by atoms with Gasteiger partial charge in [-0.25, -0.2) is 0 Å². The van der Waals surface area contributed by atoms with Crippen molar-refractivity contribution in [3.05, 3.63) is 127 Å². The number of hydrogen-bond acceptors (Lipinski definition) is 0. The fourth-order valence-corrected chi connectivity index (χ4v) is 43.0. The van der Waals surface area contributed by atoms with Gasteiger partial charge in [0, 0.05) is 0 Å². The normalized spacial score (nSPS) is 17.8. The summed E-state index contributed by atoms with van der Waals surface area (Å²) in [4.78, 5) is 0. The van der Waals surface area contributed by atoms with Gasteiger partial charge in [-0.2, -0.15) is 0 Å². The molecule has 4 aromatic rings. The Morgan fingerprint density at radius 2 is 0.735 bits per heavy atom. The monoisotopic (exact) mass is 1050 g/mol. The Hall–Kier alpha value is -1.96. The molecule has 68 heavy (non-hydrogen) atoms. The van der Waals surface area contributed by atoms with Gasteiger partial charge in [0.15, 0.2) is 0 Å². The van der Waals surface area contributed by atoms with Gasteiger partial charge >= 0.3 is 430 Å². The van der Waals surface area contributed by atoms with Gasteiger partial charge in [0.2, 0.25) is 0 Å². The van der Waals surface area contributed by atoms with E-state index in [1.165, 1.54) is 89.0 Å². The van der Waals surface area contributed by atoms with Crippen molar-refractivity contribution in [1.82, 2.24) is 0 Å². The van der Waals surface area contributed by atoms with Gasteiger partial charge in [0.05, 0.1) is 0 Å². The first-order valence-electron chi connectivity index (χ1n) is 26.6. The van der Waals surface area contributed by atoms with Crippen molar-refractivity contribution in [3.63, 3.8) is 0 Å². The molecule has 0 N–H and O–H groups in total. The molecule has 4 heteroatoms. The second-order valence-corrected chi connectivity index (χ2v) is 70.5. The Kier molecular flexibility index (Phi) is 15.3. The van der Waals surface area contributed by atoms with E-state index in [1.54, 1.807) is 0 Å². The number of fused-ring (bicyclic) bond motifs is 2. The third-order valence-corrected chi connectivity index (χ3v) is 67.8. The summed E-state index contributed by atoms with van der Waals surface area (Å²) in [5.41, 5.74) is 22.2. The summed E-state index contributed by atoms with van der Waals surface area (Å²) in [5.74, 6) is -1.82. The van der Waals surface area contributed by atoms with Gasteiger partial charge in [-0.1, -0.05) is 0 Å². The average molecular weight is 1050 g/mol. The Bertz CT molecular complexity index is 2370. The predicted octanol–water partition coefficient (Wildman–Crippen LogP) is 20.7. The molecule has 0 heterocycles. The first-order valence-corrected chi connectivity index (χ1v) is 42.9. The van der Waals surface area contributed by atoms with Crippen LogP contribution < -0.4 is 0 Å². The Labute approximate surface area is 426 Å².